The van der Waals surface area contributed by atoms with Crippen LogP contribution in [0, 0.1) is 5.92 Å². The highest BCUT2D eigenvalue weighted by atomic mass is 15.0. The van der Waals surface area contributed by atoms with Gasteiger partial charge < -0.3 is 10.6 Å². The average Bonchev–Trinajstić information content (AvgIpc) is 2.62. The molecule has 136 valence electrons. The summed E-state index contributed by atoms with van der Waals surface area (Å²) in [5, 5.41) is 7.83. The Morgan fingerprint density at radius 3 is 1.91 bits per heavy atom. The van der Waals surface area contributed by atoms with Crippen molar-refractivity contribution in [3.63, 3.8) is 0 Å². The Balaban J connectivity index is 1.77. The molecular formula is C21H42N2. The zero-order valence-corrected chi connectivity index (χ0v) is 16.5. The molecule has 0 aliphatic heterocycles. The van der Waals surface area contributed by atoms with Crippen molar-refractivity contribution in [3.05, 3.63) is 0 Å². The van der Waals surface area contributed by atoms with E-state index in [0.717, 1.165) is 18.0 Å². The Bertz CT molecular complexity index is 336. The van der Waals surface area contributed by atoms with Gasteiger partial charge in [-0.25, -0.2) is 0 Å². The summed E-state index contributed by atoms with van der Waals surface area (Å²) in [6.07, 6.45) is 15.4. The van der Waals surface area contributed by atoms with Crippen molar-refractivity contribution in [2.75, 3.05) is 0 Å². The van der Waals surface area contributed by atoms with Gasteiger partial charge in [-0.05, 0) is 79.1 Å². The Labute approximate surface area is 145 Å². The van der Waals surface area contributed by atoms with E-state index in [1.165, 1.54) is 70.6 Å². The SMILES string of the molecule is CC(C)(C)NC1CCCC(CC(C)(C)NC2CCCCC2)CC1. The average molecular weight is 323 g/mol. The molecule has 2 aliphatic carbocycles. The first-order valence-electron chi connectivity index (χ1n) is 10.3. The van der Waals surface area contributed by atoms with Crippen LogP contribution in [0.15, 0.2) is 0 Å². The minimum absolute atomic E-state index is 0.256. The van der Waals surface area contributed by atoms with Crippen molar-refractivity contribution in [1.82, 2.24) is 10.6 Å². The van der Waals surface area contributed by atoms with E-state index in [1.54, 1.807) is 0 Å². The second-order valence-corrected chi connectivity index (χ2v) is 10.0. The predicted molar refractivity (Wildman–Crippen MR) is 102 cm³/mol. The molecule has 0 amide bonds. The van der Waals surface area contributed by atoms with Crippen LogP contribution in [0.2, 0.25) is 0 Å². The number of hydrogen-bond donors (Lipinski definition) is 2. The molecule has 2 rings (SSSR count). The first kappa shape index (κ1) is 19.2. The lowest BCUT2D eigenvalue weighted by atomic mass is 9.84. The van der Waals surface area contributed by atoms with Crippen LogP contribution >= 0.6 is 0 Å². The lowest BCUT2D eigenvalue weighted by molar-refractivity contribution is 0.226. The first-order chi connectivity index (χ1) is 10.7. The number of hydrogen-bond acceptors (Lipinski definition) is 2. The monoisotopic (exact) mass is 322 g/mol. The maximum atomic E-state index is 4.00. The Morgan fingerprint density at radius 2 is 1.26 bits per heavy atom. The van der Waals surface area contributed by atoms with E-state index in [2.05, 4.69) is 45.3 Å². The third-order valence-electron chi connectivity index (χ3n) is 5.72. The summed E-state index contributed by atoms with van der Waals surface area (Å²) in [4.78, 5) is 0. The molecule has 2 atom stereocenters. The van der Waals surface area contributed by atoms with Crippen LogP contribution in [0.25, 0.3) is 0 Å². The molecule has 2 heteroatoms. The third-order valence-corrected chi connectivity index (χ3v) is 5.72. The molecular weight excluding hydrogens is 280 g/mol. The fourth-order valence-corrected chi connectivity index (χ4v) is 4.92. The van der Waals surface area contributed by atoms with Crippen molar-refractivity contribution in [3.8, 4) is 0 Å². The number of nitrogens with one attached hydrogen (secondary N) is 2. The Hall–Kier alpha value is -0.0800. The lowest BCUT2D eigenvalue weighted by Crippen LogP contribution is -2.47. The zero-order chi connectivity index (χ0) is 16.9. The van der Waals surface area contributed by atoms with Gasteiger partial charge in [-0.1, -0.05) is 32.1 Å². The number of rotatable bonds is 5. The predicted octanol–water partition coefficient (Wildman–Crippen LogP) is 5.41. The van der Waals surface area contributed by atoms with Gasteiger partial charge in [0.05, 0.1) is 0 Å². The van der Waals surface area contributed by atoms with Gasteiger partial charge >= 0.3 is 0 Å². The first-order valence-corrected chi connectivity index (χ1v) is 10.3. The van der Waals surface area contributed by atoms with Crippen LogP contribution in [-0.2, 0) is 0 Å². The standard InChI is InChI=1S/C21H42N2/c1-20(2,3)22-19-13-9-10-17(14-15-19)16-21(4,5)23-18-11-7-6-8-12-18/h17-19,22-23H,6-16H2,1-5H3. The van der Waals surface area contributed by atoms with Gasteiger partial charge in [-0.3, -0.25) is 0 Å². The molecule has 0 radical (unpaired) electrons. The molecule has 2 nitrogen and oxygen atoms in total. The van der Waals surface area contributed by atoms with Gasteiger partial charge in [0.25, 0.3) is 0 Å². The van der Waals surface area contributed by atoms with Crippen molar-refractivity contribution in [1.29, 1.82) is 0 Å². The van der Waals surface area contributed by atoms with E-state index in [0.29, 0.717) is 5.54 Å². The molecule has 2 aliphatic rings. The quantitative estimate of drug-likeness (QED) is 0.661. The molecule has 0 aromatic carbocycles. The zero-order valence-electron chi connectivity index (χ0n) is 16.5. The van der Waals surface area contributed by atoms with Gasteiger partial charge in [0.15, 0.2) is 0 Å². The normalized spacial score (nSPS) is 28.6. The van der Waals surface area contributed by atoms with Gasteiger partial charge in [0, 0.05) is 23.2 Å². The molecule has 0 aromatic heterocycles. The summed E-state index contributed by atoms with van der Waals surface area (Å²) < 4.78 is 0. The highest BCUT2D eigenvalue weighted by Gasteiger charge is 2.29. The van der Waals surface area contributed by atoms with Gasteiger partial charge in [0.1, 0.15) is 0 Å². The Kier molecular flexibility index (Phi) is 6.98. The maximum absolute atomic E-state index is 4.00. The van der Waals surface area contributed by atoms with Crippen LogP contribution in [-0.4, -0.2) is 23.2 Å². The maximum Gasteiger partial charge on any atom is 0.0130 e. The fourth-order valence-electron chi connectivity index (χ4n) is 4.92. The van der Waals surface area contributed by atoms with Crippen LogP contribution in [0.4, 0.5) is 0 Å². The van der Waals surface area contributed by atoms with Crippen molar-refractivity contribution in [2.24, 2.45) is 5.92 Å². The van der Waals surface area contributed by atoms with Gasteiger partial charge in [-0.2, -0.15) is 0 Å². The molecule has 0 bridgehead atoms. The van der Waals surface area contributed by atoms with E-state index < -0.39 is 0 Å². The van der Waals surface area contributed by atoms with Crippen molar-refractivity contribution >= 4 is 0 Å². The second-order valence-electron chi connectivity index (χ2n) is 10.0. The van der Waals surface area contributed by atoms with Crippen LogP contribution in [0.1, 0.15) is 105 Å². The van der Waals surface area contributed by atoms with Gasteiger partial charge in [-0.15, -0.1) is 0 Å². The molecule has 0 spiro atoms. The summed E-state index contributed by atoms with van der Waals surface area (Å²) in [5.41, 5.74) is 0.566. The highest BCUT2D eigenvalue weighted by Crippen LogP contribution is 2.31. The molecule has 2 fully saturated rings. The highest BCUT2D eigenvalue weighted by molar-refractivity contribution is 4.88. The molecule has 23 heavy (non-hydrogen) atoms. The molecule has 0 saturated heterocycles. The van der Waals surface area contributed by atoms with E-state index in [1.807, 2.05) is 0 Å². The van der Waals surface area contributed by atoms with E-state index in [-0.39, 0.29) is 5.54 Å². The lowest BCUT2D eigenvalue weighted by Gasteiger charge is -2.36. The summed E-state index contributed by atoms with van der Waals surface area (Å²) in [6.45, 7) is 11.8. The summed E-state index contributed by atoms with van der Waals surface area (Å²) in [6, 6.07) is 1.51. The second kappa shape index (κ2) is 8.34. The van der Waals surface area contributed by atoms with Crippen molar-refractivity contribution < 1.29 is 0 Å². The summed E-state index contributed by atoms with van der Waals surface area (Å²) in [5.74, 6) is 0.910. The van der Waals surface area contributed by atoms with E-state index in [4.69, 9.17) is 0 Å². The van der Waals surface area contributed by atoms with Crippen LogP contribution in [0.5, 0.6) is 0 Å². The third kappa shape index (κ3) is 7.56. The summed E-state index contributed by atoms with van der Waals surface area (Å²) in [7, 11) is 0. The molecule has 0 heterocycles. The minimum Gasteiger partial charge on any atom is -0.309 e. The van der Waals surface area contributed by atoms with Crippen molar-refractivity contribution in [2.45, 2.75) is 128 Å². The fraction of sp³-hybridized carbons (Fsp3) is 1.00. The van der Waals surface area contributed by atoms with E-state index in [9.17, 15) is 0 Å². The summed E-state index contributed by atoms with van der Waals surface area (Å²) >= 11 is 0. The minimum atomic E-state index is 0.256. The van der Waals surface area contributed by atoms with E-state index >= 15 is 0 Å². The molecule has 0 aromatic rings. The Morgan fingerprint density at radius 1 is 0.652 bits per heavy atom. The largest absolute Gasteiger partial charge is 0.309 e. The molecule has 2 N–H and O–H groups in total. The van der Waals surface area contributed by atoms with Crippen LogP contribution in [0.3, 0.4) is 0 Å². The molecule has 2 saturated carbocycles. The topological polar surface area (TPSA) is 24.1 Å². The van der Waals surface area contributed by atoms with Gasteiger partial charge in [0.2, 0.25) is 0 Å². The molecule has 2 unspecified atom stereocenters. The smallest absolute Gasteiger partial charge is 0.0130 e. The van der Waals surface area contributed by atoms with Crippen LogP contribution < -0.4 is 10.6 Å².